The van der Waals surface area contributed by atoms with E-state index in [9.17, 15) is 4.79 Å². The zero-order valence-electron chi connectivity index (χ0n) is 14.9. The lowest BCUT2D eigenvalue weighted by Crippen LogP contribution is -2.23. The molecule has 0 fully saturated rings. The molecule has 0 spiro atoms. The van der Waals surface area contributed by atoms with Crippen molar-refractivity contribution in [3.63, 3.8) is 0 Å². The Hall–Kier alpha value is -2.89. The quantitative estimate of drug-likeness (QED) is 0.796. The van der Waals surface area contributed by atoms with Crippen molar-refractivity contribution in [2.45, 2.75) is 13.5 Å². The molecule has 0 heterocycles. The lowest BCUT2D eigenvalue weighted by molar-refractivity contribution is 0.0948. The van der Waals surface area contributed by atoms with Gasteiger partial charge in [-0.15, -0.1) is 0 Å². The lowest BCUT2D eigenvalue weighted by Gasteiger charge is -2.13. The third-order valence-corrected chi connectivity index (χ3v) is 3.63. The molecule has 1 amide bonds. The topological polar surface area (TPSA) is 66.0 Å². The molecule has 2 aromatic carbocycles. The molecular formula is C19H23NO5. The maximum Gasteiger partial charge on any atom is 0.255 e. The van der Waals surface area contributed by atoms with Gasteiger partial charge in [-0.05, 0) is 36.8 Å². The summed E-state index contributed by atoms with van der Waals surface area (Å²) in [6.07, 6.45) is 0. The Morgan fingerprint density at radius 3 is 2.32 bits per heavy atom. The zero-order chi connectivity index (χ0) is 18.2. The van der Waals surface area contributed by atoms with E-state index in [0.717, 1.165) is 5.56 Å². The fourth-order valence-electron chi connectivity index (χ4n) is 2.36. The average molecular weight is 345 g/mol. The minimum Gasteiger partial charge on any atom is -0.497 e. The van der Waals surface area contributed by atoms with Gasteiger partial charge in [-0.3, -0.25) is 4.79 Å². The van der Waals surface area contributed by atoms with Gasteiger partial charge in [-0.25, -0.2) is 0 Å². The summed E-state index contributed by atoms with van der Waals surface area (Å²) in [5.41, 5.74) is 1.35. The van der Waals surface area contributed by atoms with E-state index in [1.165, 1.54) is 7.11 Å². The minimum atomic E-state index is -0.229. The van der Waals surface area contributed by atoms with E-state index in [1.807, 2.05) is 25.1 Å². The van der Waals surface area contributed by atoms with E-state index in [2.05, 4.69) is 5.32 Å². The van der Waals surface area contributed by atoms with Gasteiger partial charge in [0.25, 0.3) is 5.91 Å². The standard InChI is InChI=1S/C19H23NO5/c1-5-25-16-9-6-13(10-18(16)24-4)12-20-19(21)15-8-7-14(22-2)11-17(15)23-3/h6-11H,5,12H2,1-4H3,(H,20,21). The van der Waals surface area contributed by atoms with Gasteiger partial charge in [-0.1, -0.05) is 6.07 Å². The van der Waals surface area contributed by atoms with Crippen LogP contribution in [0.1, 0.15) is 22.8 Å². The number of hydrogen-bond acceptors (Lipinski definition) is 5. The van der Waals surface area contributed by atoms with E-state index >= 15 is 0 Å². The van der Waals surface area contributed by atoms with Gasteiger partial charge in [0.2, 0.25) is 0 Å². The van der Waals surface area contributed by atoms with Crippen LogP contribution in [-0.2, 0) is 6.54 Å². The molecule has 25 heavy (non-hydrogen) atoms. The first kappa shape index (κ1) is 18.4. The highest BCUT2D eigenvalue weighted by molar-refractivity contribution is 5.97. The normalized spacial score (nSPS) is 10.1. The Bertz CT molecular complexity index is 730. The summed E-state index contributed by atoms with van der Waals surface area (Å²) in [6.45, 7) is 2.83. The Morgan fingerprint density at radius 1 is 0.920 bits per heavy atom. The predicted molar refractivity (Wildman–Crippen MR) is 94.9 cm³/mol. The zero-order valence-corrected chi connectivity index (χ0v) is 14.9. The Kier molecular flexibility index (Phi) is 6.51. The number of nitrogens with one attached hydrogen (secondary N) is 1. The van der Waals surface area contributed by atoms with E-state index in [4.69, 9.17) is 18.9 Å². The van der Waals surface area contributed by atoms with Crippen LogP contribution in [0.5, 0.6) is 23.0 Å². The van der Waals surface area contributed by atoms with Crippen molar-refractivity contribution >= 4 is 5.91 Å². The average Bonchev–Trinajstić information content (AvgIpc) is 2.66. The summed E-state index contributed by atoms with van der Waals surface area (Å²) in [7, 11) is 4.67. The van der Waals surface area contributed by atoms with E-state index in [0.29, 0.717) is 41.7 Å². The van der Waals surface area contributed by atoms with Crippen LogP contribution >= 0.6 is 0 Å². The molecule has 2 aromatic rings. The number of amides is 1. The number of methoxy groups -OCH3 is 3. The Morgan fingerprint density at radius 2 is 1.68 bits per heavy atom. The molecule has 134 valence electrons. The van der Waals surface area contributed by atoms with E-state index in [1.54, 1.807) is 32.4 Å². The Labute approximate surface area is 147 Å². The summed E-state index contributed by atoms with van der Waals surface area (Å²) in [5, 5.41) is 2.87. The van der Waals surface area contributed by atoms with Crippen molar-refractivity contribution in [2.24, 2.45) is 0 Å². The molecular weight excluding hydrogens is 322 g/mol. The first-order chi connectivity index (χ1) is 12.1. The van der Waals surface area contributed by atoms with E-state index in [-0.39, 0.29) is 5.91 Å². The third kappa shape index (κ3) is 4.56. The van der Waals surface area contributed by atoms with Gasteiger partial charge in [0.15, 0.2) is 11.5 Å². The van der Waals surface area contributed by atoms with Crippen LogP contribution < -0.4 is 24.3 Å². The third-order valence-electron chi connectivity index (χ3n) is 3.63. The smallest absolute Gasteiger partial charge is 0.255 e. The van der Waals surface area contributed by atoms with Crippen molar-refractivity contribution in [1.82, 2.24) is 5.32 Å². The molecule has 0 saturated carbocycles. The summed E-state index contributed by atoms with van der Waals surface area (Å²) in [6, 6.07) is 10.6. The number of benzene rings is 2. The van der Waals surface area contributed by atoms with Crippen molar-refractivity contribution < 1.29 is 23.7 Å². The molecule has 0 saturated heterocycles. The molecule has 6 heteroatoms. The summed E-state index contributed by atoms with van der Waals surface area (Å²) in [4.78, 5) is 12.4. The van der Waals surface area contributed by atoms with Gasteiger partial charge in [0.05, 0.1) is 33.5 Å². The molecule has 0 radical (unpaired) electrons. The van der Waals surface area contributed by atoms with Gasteiger partial charge in [0, 0.05) is 12.6 Å². The second-order valence-corrected chi connectivity index (χ2v) is 5.17. The van der Waals surface area contributed by atoms with Crippen molar-refractivity contribution in [3.05, 3.63) is 47.5 Å². The molecule has 6 nitrogen and oxygen atoms in total. The maximum atomic E-state index is 12.4. The molecule has 0 unspecified atom stereocenters. The molecule has 0 atom stereocenters. The highest BCUT2D eigenvalue weighted by atomic mass is 16.5. The number of carbonyl (C=O) groups is 1. The minimum absolute atomic E-state index is 0.229. The van der Waals surface area contributed by atoms with E-state index < -0.39 is 0 Å². The SMILES string of the molecule is CCOc1ccc(CNC(=O)c2ccc(OC)cc2OC)cc1OC. The molecule has 0 bridgehead atoms. The molecule has 2 rings (SSSR count). The van der Waals surface area contributed by atoms with Gasteiger partial charge in [0.1, 0.15) is 11.5 Å². The van der Waals surface area contributed by atoms with Crippen LogP contribution in [-0.4, -0.2) is 33.8 Å². The molecule has 0 aliphatic carbocycles. The van der Waals surface area contributed by atoms with Crippen LogP contribution in [0, 0.1) is 0 Å². The van der Waals surface area contributed by atoms with Gasteiger partial charge in [-0.2, -0.15) is 0 Å². The highest BCUT2D eigenvalue weighted by Gasteiger charge is 2.13. The molecule has 0 aromatic heterocycles. The first-order valence-electron chi connectivity index (χ1n) is 7.92. The van der Waals surface area contributed by atoms with Crippen LogP contribution in [0.25, 0.3) is 0 Å². The monoisotopic (exact) mass is 345 g/mol. The predicted octanol–water partition coefficient (Wildman–Crippen LogP) is 3.04. The van der Waals surface area contributed by atoms with Crippen LogP contribution in [0.2, 0.25) is 0 Å². The highest BCUT2D eigenvalue weighted by Crippen LogP contribution is 2.28. The van der Waals surface area contributed by atoms with Crippen molar-refractivity contribution in [1.29, 1.82) is 0 Å². The summed E-state index contributed by atoms with van der Waals surface area (Å²) in [5.74, 6) is 2.17. The van der Waals surface area contributed by atoms with Crippen molar-refractivity contribution in [2.75, 3.05) is 27.9 Å². The second-order valence-electron chi connectivity index (χ2n) is 5.17. The van der Waals surface area contributed by atoms with Gasteiger partial charge >= 0.3 is 0 Å². The number of rotatable bonds is 8. The second kappa shape index (κ2) is 8.82. The summed E-state index contributed by atoms with van der Waals surface area (Å²) < 4.78 is 21.2. The summed E-state index contributed by atoms with van der Waals surface area (Å²) >= 11 is 0. The maximum absolute atomic E-state index is 12.4. The first-order valence-corrected chi connectivity index (χ1v) is 7.92. The number of ether oxygens (including phenoxy) is 4. The molecule has 0 aliphatic rings. The van der Waals surface area contributed by atoms with Crippen LogP contribution in [0.4, 0.5) is 0 Å². The molecule has 0 aliphatic heterocycles. The van der Waals surface area contributed by atoms with Crippen LogP contribution in [0.15, 0.2) is 36.4 Å². The van der Waals surface area contributed by atoms with Crippen LogP contribution in [0.3, 0.4) is 0 Å². The van der Waals surface area contributed by atoms with Crippen molar-refractivity contribution in [3.8, 4) is 23.0 Å². The van der Waals surface area contributed by atoms with Gasteiger partial charge < -0.3 is 24.3 Å². The lowest BCUT2D eigenvalue weighted by atomic mass is 10.1. The fraction of sp³-hybridized carbons (Fsp3) is 0.316. The molecule has 1 N–H and O–H groups in total. The Balaban J connectivity index is 2.09. The number of hydrogen-bond donors (Lipinski definition) is 1. The largest absolute Gasteiger partial charge is 0.497 e. The number of carbonyl (C=O) groups excluding carboxylic acids is 1. The fourth-order valence-corrected chi connectivity index (χ4v) is 2.36.